The van der Waals surface area contributed by atoms with Gasteiger partial charge in [-0.1, -0.05) is 30.3 Å². The number of amides is 1. The molecular weight excluding hydrogens is 264 g/mol. The summed E-state index contributed by atoms with van der Waals surface area (Å²) >= 11 is 0. The van der Waals surface area contributed by atoms with E-state index >= 15 is 0 Å². The van der Waals surface area contributed by atoms with Crippen LogP contribution in [0, 0.1) is 0 Å². The molecule has 0 saturated heterocycles. The Morgan fingerprint density at radius 3 is 2.71 bits per heavy atom. The smallest absolute Gasteiger partial charge is 0.227 e. The molecule has 0 aromatic heterocycles. The summed E-state index contributed by atoms with van der Waals surface area (Å²) in [5.74, 6) is 0.986. The lowest BCUT2D eigenvalue weighted by Crippen LogP contribution is -2.33. The van der Waals surface area contributed by atoms with Gasteiger partial charge in [-0.05, 0) is 23.8 Å². The number of anilines is 1. The molecule has 2 aromatic rings. The minimum absolute atomic E-state index is 0.111. The van der Waals surface area contributed by atoms with Crippen LogP contribution in [0.1, 0.15) is 11.1 Å². The predicted octanol–water partition coefficient (Wildman–Crippen LogP) is 2.23. The number of carbonyl (C=O) groups is 1. The second kappa shape index (κ2) is 5.87. The highest BCUT2D eigenvalue weighted by Gasteiger charge is 2.19. The summed E-state index contributed by atoms with van der Waals surface area (Å²) in [4.78, 5) is 14.3. The minimum Gasteiger partial charge on any atom is -0.491 e. The van der Waals surface area contributed by atoms with Crippen LogP contribution in [0.4, 0.5) is 5.69 Å². The van der Waals surface area contributed by atoms with Crippen LogP contribution in [0.5, 0.6) is 5.75 Å². The van der Waals surface area contributed by atoms with Crippen molar-refractivity contribution in [2.45, 2.75) is 13.0 Å². The van der Waals surface area contributed by atoms with Gasteiger partial charge in [-0.25, -0.2) is 0 Å². The molecule has 21 heavy (non-hydrogen) atoms. The second-order valence-electron chi connectivity index (χ2n) is 5.19. The lowest BCUT2D eigenvalue weighted by Gasteiger charge is -2.20. The zero-order chi connectivity index (χ0) is 14.7. The Hall–Kier alpha value is -2.49. The maximum atomic E-state index is 12.5. The Morgan fingerprint density at radius 2 is 1.90 bits per heavy atom. The maximum Gasteiger partial charge on any atom is 0.227 e. The molecule has 4 heteroatoms. The SMILES string of the molecule is Nc1ccc(CC(=O)N2CCOc3ccccc3C2)cc1. The fraction of sp³-hybridized carbons (Fsp3) is 0.235. The Morgan fingerprint density at radius 1 is 1.14 bits per heavy atom. The van der Waals surface area contributed by atoms with Crippen LogP contribution < -0.4 is 10.5 Å². The third kappa shape index (κ3) is 3.16. The molecule has 1 amide bonds. The molecule has 108 valence electrons. The largest absolute Gasteiger partial charge is 0.491 e. The second-order valence-corrected chi connectivity index (χ2v) is 5.19. The first kappa shape index (κ1) is 13.5. The van der Waals surface area contributed by atoms with E-state index in [0.29, 0.717) is 31.8 Å². The number of fused-ring (bicyclic) bond motifs is 1. The standard InChI is InChI=1S/C17H18N2O2/c18-15-7-5-13(6-8-15)11-17(20)19-9-10-21-16-4-2-1-3-14(16)12-19/h1-8H,9-12,18H2. The van der Waals surface area contributed by atoms with Gasteiger partial charge >= 0.3 is 0 Å². The zero-order valence-electron chi connectivity index (χ0n) is 11.8. The number of ether oxygens (including phenoxy) is 1. The highest BCUT2D eigenvalue weighted by atomic mass is 16.5. The highest BCUT2D eigenvalue weighted by molar-refractivity contribution is 5.79. The van der Waals surface area contributed by atoms with E-state index in [2.05, 4.69) is 0 Å². The van der Waals surface area contributed by atoms with Gasteiger partial charge in [-0.2, -0.15) is 0 Å². The predicted molar refractivity (Wildman–Crippen MR) is 81.9 cm³/mol. The molecule has 0 saturated carbocycles. The van der Waals surface area contributed by atoms with Crippen LogP contribution >= 0.6 is 0 Å². The van der Waals surface area contributed by atoms with Gasteiger partial charge in [0.05, 0.1) is 13.0 Å². The number of hydrogen-bond donors (Lipinski definition) is 1. The van der Waals surface area contributed by atoms with Crippen molar-refractivity contribution < 1.29 is 9.53 Å². The molecule has 2 aromatic carbocycles. The Labute approximate surface area is 124 Å². The molecule has 0 fully saturated rings. The number of benzene rings is 2. The van der Waals surface area contributed by atoms with Crippen molar-refractivity contribution in [3.8, 4) is 5.75 Å². The van der Waals surface area contributed by atoms with Gasteiger partial charge in [0.2, 0.25) is 5.91 Å². The van der Waals surface area contributed by atoms with Crippen LogP contribution in [-0.4, -0.2) is 24.0 Å². The third-order valence-electron chi connectivity index (χ3n) is 3.64. The lowest BCUT2D eigenvalue weighted by atomic mass is 10.1. The average molecular weight is 282 g/mol. The van der Waals surface area contributed by atoms with Crippen molar-refractivity contribution >= 4 is 11.6 Å². The minimum atomic E-state index is 0.111. The van der Waals surface area contributed by atoms with E-state index in [4.69, 9.17) is 10.5 Å². The molecule has 1 aliphatic rings. The first-order chi connectivity index (χ1) is 10.2. The first-order valence-electron chi connectivity index (χ1n) is 7.05. The van der Waals surface area contributed by atoms with Crippen molar-refractivity contribution in [2.24, 2.45) is 0 Å². The van der Waals surface area contributed by atoms with Gasteiger partial charge in [-0.3, -0.25) is 4.79 Å². The first-order valence-corrected chi connectivity index (χ1v) is 7.05. The van der Waals surface area contributed by atoms with E-state index in [9.17, 15) is 4.79 Å². The molecule has 0 bridgehead atoms. The van der Waals surface area contributed by atoms with Gasteiger partial charge in [-0.15, -0.1) is 0 Å². The van der Waals surface area contributed by atoms with E-state index in [0.717, 1.165) is 16.9 Å². The van der Waals surface area contributed by atoms with Gasteiger partial charge < -0.3 is 15.4 Å². The summed E-state index contributed by atoms with van der Waals surface area (Å²) < 4.78 is 5.68. The summed E-state index contributed by atoms with van der Waals surface area (Å²) in [5.41, 5.74) is 8.41. The van der Waals surface area contributed by atoms with Crippen LogP contribution in [0.15, 0.2) is 48.5 Å². The average Bonchev–Trinajstić information content (AvgIpc) is 2.72. The molecule has 0 aliphatic carbocycles. The third-order valence-corrected chi connectivity index (χ3v) is 3.64. The van der Waals surface area contributed by atoms with Crippen molar-refractivity contribution in [3.63, 3.8) is 0 Å². The Kier molecular flexibility index (Phi) is 3.77. The molecule has 0 spiro atoms. The molecule has 1 aliphatic heterocycles. The zero-order valence-corrected chi connectivity index (χ0v) is 11.8. The monoisotopic (exact) mass is 282 g/mol. The van der Waals surface area contributed by atoms with Gasteiger partial charge in [0, 0.05) is 17.8 Å². The summed E-state index contributed by atoms with van der Waals surface area (Å²) in [6.07, 6.45) is 0.391. The Bertz CT molecular complexity index is 637. The summed E-state index contributed by atoms with van der Waals surface area (Å²) in [5, 5.41) is 0. The Balaban J connectivity index is 1.71. The van der Waals surface area contributed by atoms with E-state index in [1.165, 1.54) is 0 Å². The van der Waals surface area contributed by atoms with Crippen LogP contribution in [-0.2, 0) is 17.8 Å². The molecule has 4 nitrogen and oxygen atoms in total. The molecule has 0 radical (unpaired) electrons. The van der Waals surface area contributed by atoms with E-state index in [1.54, 1.807) is 0 Å². The van der Waals surface area contributed by atoms with Crippen molar-refractivity contribution in [2.75, 3.05) is 18.9 Å². The number of nitrogens with zero attached hydrogens (tertiary/aromatic N) is 1. The molecule has 0 unspecified atom stereocenters. The summed E-state index contributed by atoms with van der Waals surface area (Å²) in [6, 6.07) is 15.3. The molecule has 2 N–H and O–H groups in total. The van der Waals surface area contributed by atoms with Crippen molar-refractivity contribution in [1.29, 1.82) is 0 Å². The fourth-order valence-electron chi connectivity index (χ4n) is 2.46. The highest BCUT2D eigenvalue weighted by Crippen LogP contribution is 2.22. The number of nitrogens with two attached hydrogens (primary N) is 1. The van der Waals surface area contributed by atoms with E-state index in [-0.39, 0.29) is 5.91 Å². The fourth-order valence-corrected chi connectivity index (χ4v) is 2.46. The number of rotatable bonds is 2. The van der Waals surface area contributed by atoms with Crippen LogP contribution in [0.2, 0.25) is 0 Å². The van der Waals surface area contributed by atoms with E-state index < -0.39 is 0 Å². The van der Waals surface area contributed by atoms with E-state index in [1.807, 2.05) is 53.4 Å². The number of para-hydroxylation sites is 1. The van der Waals surface area contributed by atoms with Gasteiger partial charge in [0.25, 0.3) is 0 Å². The quantitative estimate of drug-likeness (QED) is 0.859. The lowest BCUT2D eigenvalue weighted by molar-refractivity contribution is -0.131. The molecule has 1 heterocycles. The van der Waals surface area contributed by atoms with Gasteiger partial charge in [0.15, 0.2) is 0 Å². The van der Waals surface area contributed by atoms with Crippen molar-refractivity contribution in [1.82, 2.24) is 4.90 Å². The number of nitrogen functional groups attached to an aromatic ring is 1. The normalized spacial score (nSPS) is 14.0. The van der Waals surface area contributed by atoms with Crippen molar-refractivity contribution in [3.05, 3.63) is 59.7 Å². The topological polar surface area (TPSA) is 55.6 Å². The molecule has 0 atom stereocenters. The molecular formula is C17H18N2O2. The summed E-state index contributed by atoms with van der Waals surface area (Å²) in [6.45, 7) is 1.75. The van der Waals surface area contributed by atoms with Crippen LogP contribution in [0.3, 0.4) is 0 Å². The number of hydrogen-bond acceptors (Lipinski definition) is 3. The summed E-state index contributed by atoms with van der Waals surface area (Å²) in [7, 11) is 0. The maximum absolute atomic E-state index is 12.5. The molecule has 3 rings (SSSR count). The van der Waals surface area contributed by atoms with Crippen LogP contribution in [0.25, 0.3) is 0 Å². The van der Waals surface area contributed by atoms with Gasteiger partial charge in [0.1, 0.15) is 12.4 Å². The number of carbonyl (C=O) groups excluding carboxylic acids is 1.